The van der Waals surface area contributed by atoms with E-state index >= 15 is 0 Å². The van der Waals surface area contributed by atoms with Gasteiger partial charge in [0, 0.05) is 79.4 Å². The zero-order valence-corrected chi connectivity index (χ0v) is 39.6. The van der Waals surface area contributed by atoms with E-state index in [1.165, 1.54) is 27.3 Å². The van der Waals surface area contributed by atoms with E-state index in [9.17, 15) is 10.1 Å². The lowest BCUT2D eigenvalue weighted by Crippen LogP contribution is -2.55. The van der Waals surface area contributed by atoms with E-state index in [-0.39, 0.29) is 10.6 Å². The normalized spacial score (nSPS) is 16.4. The van der Waals surface area contributed by atoms with Crippen molar-refractivity contribution in [1.82, 2.24) is 19.5 Å². The number of para-hydroxylation sites is 1. The van der Waals surface area contributed by atoms with Gasteiger partial charge in [-0.25, -0.2) is 0 Å². The number of nitrogens with zero attached hydrogens (tertiary/aromatic N) is 5. The van der Waals surface area contributed by atoms with Crippen LogP contribution in [0.5, 0.6) is 0 Å². The molecule has 10 aromatic rings. The van der Waals surface area contributed by atoms with Gasteiger partial charge < -0.3 is 4.57 Å². The molecule has 6 aromatic carbocycles. The molecule has 328 valence electrons. The van der Waals surface area contributed by atoms with Crippen LogP contribution in [0.3, 0.4) is 0 Å². The van der Waals surface area contributed by atoms with Crippen molar-refractivity contribution in [3.63, 3.8) is 0 Å². The fraction of sp³-hybridized carbons (Fsp3) is 0.150. The second kappa shape index (κ2) is 14.2. The minimum atomic E-state index is -1.43. The minimum absolute atomic E-state index is 0.124. The molecule has 0 amide bonds. The average Bonchev–Trinajstić information content (AvgIpc) is 3.69. The van der Waals surface area contributed by atoms with E-state index < -0.39 is 24.2 Å². The van der Waals surface area contributed by atoms with E-state index in [4.69, 9.17) is 15.0 Å². The van der Waals surface area contributed by atoms with Gasteiger partial charge in [0.05, 0.1) is 38.5 Å². The van der Waals surface area contributed by atoms with Crippen LogP contribution in [0.25, 0.3) is 72.4 Å². The summed E-state index contributed by atoms with van der Waals surface area (Å²) in [6.07, 6.45) is 5.62. The maximum atomic E-state index is 14.2. The second-order valence-corrected chi connectivity index (χ2v) is 22.0. The Morgan fingerprint density at radius 3 is 1.56 bits per heavy atom. The highest BCUT2D eigenvalue weighted by Gasteiger charge is 2.57. The second-order valence-electron chi connectivity index (χ2n) is 20.0. The highest BCUT2D eigenvalue weighted by atomic mass is 31.1. The third kappa shape index (κ3) is 5.31. The summed E-state index contributed by atoms with van der Waals surface area (Å²) in [5.41, 5.74) is 16.6. The van der Waals surface area contributed by atoms with Crippen molar-refractivity contribution in [2.45, 2.75) is 57.8 Å². The maximum Gasteiger partial charge on any atom is 0.276 e. The van der Waals surface area contributed by atoms with Gasteiger partial charge in [0.2, 0.25) is 0 Å². The Morgan fingerprint density at radius 2 is 0.985 bits per heavy atom. The fourth-order valence-corrected chi connectivity index (χ4v) is 16.8. The van der Waals surface area contributed by atoms with Crippen LogP contribution in [-0.2, 0) is 16.2 Å². The molecule has 0 aliphatic carbocycles. The van der Waals surface area contributed by atoms with Gasteiger partial charge in [0.1, 0.15) is 0 Å². The van der Waals surface area contributed by atoms with E-state index in [0.717, 1.165) is 94.4 Å². The summed E-state index contributed by atoms with van der Waals surface area (Å²) < 4.78 is 2.26. The Morgan fingerprint density at radius 1 is 0.485 bits per heavy atom. The molecule has 0 N–H and O–H groups in total. The lowest BCUT2D eigenvalue weighted by atomic mass is 9.65. The van der Waals surface area contributed by atoms with Crippen LogP contribution in [0.15, 0.2) is 170 Å². The lowest BCUT2D eigenvalue weighted by molar-refractivity contribution is -0.385. The number of hydrogen-bond acceptors (Lipinski definition) is 5. The molecule has 0 spiro atoms. The molecule has 4 aromatic heterocycles. The highest BCUT2D eigenvalue weighted by molar-refractivity contribution is 7.80. The number of nitro benzene ring substituents is 1. The van der Waals surface area contributed by atoms with E-state index in [1.807, 2.05) is 55.0 Å². The lowest BCUT2D eigenvalue weighted by Gasteiger charge is -2.54. The molecular formula is C60H46N5O2P. The van der Waals surface area contributed by atoms with Crippen molar-refractivity contribution in [2.75, 3.05) is 0 Å². The van der Waals surface area contributed by atoms with E-state index in [2.05, 4.69) is 161 Å². The first-order chi connectivity index (χ1) is 32.9. The number of hydrogen-bond donors (Lipinski definition) is 0. The van der Waals surface area contributed by atoms with Crippen LogP contribution in [0, 0.1) is 10.1 Å². The van der Waals surface area contributed by atoms with Crippen molar-refractivity contribution in [1.29, 1.82) is 0 Å². The molecule has 0 saturated heterocycles. The van der Waals surface area contributed by atoms with Gasteiger partial charge in [0.25, 0.3) is 5.69 Å². The number of rotatable bonds is 6. The first-order valence-corrected chi connectivity index (χ1v) is 24.6. The van der Waals surface area contributed by atoms with Crippen LogP contribution >= 0.6 is 7.92 Å². The molecule has 13 rings (SSSR count). The standard InChI is InChI=1S/C60H46N5O2P/c1-58(2)42-29-27-40(52-37(23-15-31-61-52)35-18-9-7-10-19-35)48-55(42)68-56-43(58)30-28-41(53-38(24-16-32-62-53)36-20-11-8-12-21-36)49(56)60(5,6)51-47(65(66)67)34-46(50(57(51)68)59(48,3)4)64-44-25-14-13-22-39(44)54-45(64)26-17-33-63-54/h7-34H,1-6H3. The van der Waals surface area contributed by atoms with Gasteiger partial charge in [-0.3, -0.25) is 25.1 Å². The number of aromatic nitrogens is 4. The number of nitro groups is 1. The van der Waals surface area contributed by atoms with E-state index in [1.54, 1.807) is 0 Å². The molecule has 0 fully saturated rings. The van der Waals surface area contributed by atoms with Crippen molar-refractivity contribution in [2.24, 2.45) is 0 Å². The first-order valence-electron chi connectivity index (χ1n) is 23.3. The average molecular weight is 900 g/mol. The monoisotopic (exact) mass is 899 g/mol. The Bertz CT molecular complexity index is 3740. The summed E-state index contributed by atoms with van der Waals surface area (Å²) in [5.74, 6) is 0. The molecule has 1 unspecified atom stereocenters. The van der Waals surface area contributed by atoms with Crippen molar-refractivity contribution >= 4 is 51.5 Å². The zero-order chi connectivity index (χ0) is 46.4. The molecule has 8 heteroatoms. The van der Waals surface area contributed by atoms with Gasteiger partial charge in [0.15, 0.2) is 0 Å². The molecule has 7 nitrogen and oxygen atoms in total. The maximum absolute atomic E-state index is 14.2. The minimum Gasteiger partial charge on any atom is -0.307 e. The molecular weight excluding hydrogens is 854 g/mol. The van der Waals surface area contributed by atoms with Crippen molar-refractivity contribution in [3.05, 3.63) is 214 Å². The Balaban J connectivity index is 1.24. The Kier molecular flexibility index (Phi) is 8.50. The highest BCUT2D eigenvalue weighted by Crippen LogP contribution is 2.64. The van der Waals surface area contributed by atoms with Gasteiger partial charge >= 0.3 is 0 Å². The molecule has 0 saturated carbocycles. The molecule has 0 radical (unpaired) electrons. The third-order valence-corrected chi connectivity index (χ3v) is 18.0. The van der Waals surface area contributed by atoms with Gasteiger partial charge in [-0.1, -0.05) is 157 Å². The van der Waals surface area contributed by atoms with Crippen molar-refractivity contribution < 1.29 is 4.92 Å². The topological polar surface area (TPSA) is 86.7 Å². The smallest absolute Gasteiger partial charge is 0.276 e. The zero-order valence-electron chi connectivity index (χ0n) is 38.7. The van der Waals surface area contributed by atoms with Crippen LogP contribution < -0.4 is 15.9 Å². The molecule has 1 atom stereocenters. The molecule has 68 heavy (non-hydrogen) atoms. The summed E-state index contributed by atoms with van der Waals surface area (Å²) in [7, 11) is -1.43. The Hall–Kier alpha value is -7.60. The molecule has 7 heterocycles. The van der Waals surface area contributed by atoms with Crippen LogP contribution in [0.2, 0.25) is 0 Å². The summed E-state index contributed by atoms with van der Waals surface area (Å²) >= 11 is 0. The predicted octanol–water partition coefficient (Wildman–Crippen LogP) is 13.2. The number of fused-ring (bicyclic) bond motifs is 3. The number of benzene rings is 6. The summed E-state index contributed by atoms with van der Waals surface area (Å²) in [6, 6.07) is 52.9. The fourth-order valence-electron chi connectivity index (χ4n) is 12.4. The number of pyridine rings is 3. The molecule has 0 bridgehead atoms. The predicted molar refractivity (Wildman–Crippen MR) is 278 cm³/mol. The quantitative estimate of drug-likeness (QED) is 0.0942. The SMILES string of the molecule is CC1(C)c2ccc(-c3ncccc3-c3ccccc3)c3c2P2c4c1ccc(-c1ncccc1-c1ccccc1)c4C(C)(C)c1c([N+](=O)[O-])cc(-n4c5ccccc5c5ncccc54)c(c12)C3(C)C. The van der Waals surface area contributed by atoms with Crippen LogP contribution in [0.4, 0.5) is 5.69 Å². The molecule has 3 aliphatic heterocycles. The summed E-state index contributed by atoms with van der Waals surface area (Å²) in [4.78, 5) is 29.5. The van der Waals surface area contributed by atoms with Gasteiger partial charge in [-0.2, -0.15) is 0 Å². The van der Waals surface area contributed by atoms with E-state index in [0.29, 0.717) is 0 Å². The van der Waals surface area contributed by atoms with Crippen LogP contribution in [0.1, 0.15) is 74.9 Å². The molecule has 3 aliphatic rings. The summed E-state index contributed by atoms with van der Waals surface area (Å²) in [6.45, 7) is 13.9. The largest absolute Gasteiger partial charge is 0.307 e. The summed E-state index contributed by atoms with van der Waals surface area (Å²) in [5, 5.41) is 18.9. The van der Waals surface area contributed by atoms with Gasteiger partial charge in [-0.15, -0.1) is 0 Å². The first kappa shape index (κ1) is 40.7. The van der Waals surface area contributed by atoms with Crippen LogP contribution in [-0.4, -0.2) is 24.4 Å². The van der Waals surface area contributed by atoms with Crippen molar-refractivity contribution in [3.8, 4) is 50.5 Å². The third-order valence-electron chi connectivity index (χ3n) is 15.3. The Labute approximate surface area is 396 Å². The van der Waals surface area contributed by atoms with Gasteiger partial charge in [-0.05, 0) is 87.8 Å².